The number of likely N-dealkylation sites (tertiary alicyclic amines) is 1. The van der Waals surface area contributed by atoms with Gasteiger partial charge in [-0.05, 0) is 50.7 Å². The molecule has 0 spiro atoms. The highest BCUT2D eigenvalue weighted by atomic mass is 16.4. The van der Waals surface area contributed by atoms with Crippen LogP contribution in [0.1, 0.15) is 57.4 Å². The zero-order valence-corrected chi connectivity index (χ0v) is 17.0. The second kappa shape index (κ2) is 8.17. The Bertz CT molecular complexity index is 808. The van der Waals surface area contributed by atoms with Gasteiger partial charge in [-0.15, -0.1) is 0 Å². The summed E-state index contributed by atoms with van der Waals surface area (Å²) in [6.07, 6.45) is 5.78. The smallest absolute Gasteiger partial charge is 0.305 e. The molecular formula is C23H30N2O4. The highest BCUT2D eigenvalue weighted by Crippen LogP contribution is 2.39. The maximum atomic E-state index is 13.6. The Hall–Kier alpha value is -2.37. The first-order valence-electron chi connectivity index (χ1n) is 10.9. The Balaban J connectivity index is 1.55. The van der Waals surface area contributed by atoms with E-state index in [4.69, 9.17) is 0 Å². The zero-order chi connectivity index (χ0) is 20.5. The summed E-state index contributed by atoms with van der Waals surface area (Å²) in [6.45, 7) is 2.68. The number of nitrogens with zero attached hydrogens (tertiary/aromatic N) is 2. The number of amides is 2. The van der Waals surface area contributed by atoms with Crippen LogP contribution in [0.4, 0.5) is 5.69 Å². The van der Waals surface area contributed by atoms with Crippen molar-refractivity contribution >= 4 is 23.5 Å². The van der Waals surface area contributed by atoms with Crippen LogP contribution >= 0.6 is 0 Å². The van der Waals surface area contributed by atoms with E-state index in [9.17, 15) is 19.5 Å². The average molecular weight is 399 g/mol. The molecule has 156 valence electrons. The Labute approximate surface area is 171 Å². The van der Waals surface area contributed by atoms with Gasteiger partial charge in [0.05, 0.1) is 12.3 Å². The van der Waals surface area contributed by atoms with Crippen LogP contribution in [0.15, 0.2) is 24.3 Å². The molecule has 1 aromatic carbocycles. The van der Waals surface area contributed by atoms with E-state index in [0.717, 1.165) is 50.6 Å². The van der Waals surface area contributed by atoms with E-state index in [2.05, 4.69) is 13.0 Å². The second-order valence-corrected chi connectivity index (χ2v) is 8.81. The Morgan fingerprint density at radius 3 is 2.41 bits per heavy atom. The monoisotopic (exact) mass is 398 g/mol. The summed E-state index contributed by atoms with van der Waals surface area (Å²) in [7, 11) is 0. The predicted molar refractivity (Wildman–Crippen MR) is 110 cm³/mol. The molecule has 1 N–H and O–H groups in total. The molecule has 2 aliphatic heterocycles. The molecule has 2 fully saturated rings. The number of anilines is 1. The first-order valence-corrected chi connectivity index (χ1v) is 10.9. The van der Waals surface area contributed by atoms with Crippen LogP contribution in [-0.4, -0.2) is 46.4 Å². The number of hydrogen-bond acceptors (Lipinski definition) is 3. The molecule has 1 aliphatic carbocycles. The Morgan fingerprint density at radius 1 is 1.00 bits per heavy atom. The van der Waals surface area contributed by atoms with E-state index in [-0.39, 0.29) is 42.2 Å². The van der Waals surface area contributed by atoms with Gasteiger partial charge in [0.15, 0.2) is 0 Å². The molecule has 4 unspecified atom stereocenters. The number of carbonyl (C=O) groups is 3. The lowest BCUT2D eigenvalue weighted by atomic mass is 9.77. The van der Waals surface area contributed by atoms with Crippen molar-refractivity contribution in [2.75, 3.05) is 11.4 Å². The quantitative estimate of drug-likeness (QED) is 0.845. The molecule has 29 heavy (non-hydrogen) atoms. The van der Waals surface area contributed by atoms with Crippen LogP contribution < -0.4 is 4.90 Å². The molecular weight excluding hydrogens is 368 g/mol. The highest BCUT2D eigenvalue weighted by molar-refractivity contribution is 6.00. The van der Waals surface area contributed by atoms with E-state index in [1.165, 1.54) is 5.56 Å². The van der Waals surface area contributed by atoms with Crippen molar-refractivity contribution < 1.29 is 19.5 Å². The van der Waals surface area contributed by atoms with Gasteiger partial charge >= 0.3 is 5.97 Å². The first kappa shape index (κ1) is 19.9. The summed E-state index contributed by atoms with van der Waals surface area (Å²) in [4.78, 5) is 41.9. The lowest BCUT2D eigenvalue weighted by molar-refractivity contribution is -0.145. The molecule has 6 heteroatoms. The molecule has 1 saturated heterocycles. The SMILES string of the molecule is CC1Cc2ccccc2N1C(=O)C1CCCCC1C(=O)N1CCCC1CC(=O)O. The van der Waals surface area contributed by atoms with Crippen molar-refractivity contribution in [2.45, 2.75) is 70.4 Å². The normalized spacial score (nSPS) is 29.0. The third-order valence-corrected chi connectivity index (χ3v) is 6.92. The van der Waals surface area contributed by atoms with Crippen LogP contribution in [0.5, 0.6) is 0 Å². The third-order valence-electron chi connectivity index (χ3n) is 6.92. The Kier molecular flexibility index (Phi) is 5.61. The third kappa shape index (κ3) is 3.77. The lowest BCUT2D eigenvalue weighted by Crippen LogP contribution is -2.49. The summed E-state index contributed by atoms with van der Waals surface area (Å²) in [6, 6.07) is 7.90. The van der Waals surface area contributed by atoms with Gasteiger partial charge in [-0.3, -0.25) is 14.4 Å². The number of para-hydroxylation sites is 1. The molecule has 4 atom stereocenters. The molecule has 4 rings (SSSR count). The van der Waals surface area contributed by atoms with Gasteiger partial charge in [-0.1, -0.05) is 31.0 Å². The van der Waals surface area contributed by atoms with Crippen LogP contribution in [0.25, 0.3) is 0 Å². The molecule has 0 radical (unpaired) electrons. The van der Waals surface area contributed by atoms with Crippen molar-refractivity contribution in [3.8, 4) is 0 Å². The zero-order valence-electron chi connectivity index (χ0n) is 17.0. The maximum Gasteiger partial charge on any atom is 0.305 e. The number of hydrogen-bond donors (Lipinski definition) is 1. The minimum atomic E-state index is -0.867. The summed E-state index contributed by atoms with van der Waals surface area (Å²) < 4.78 is 0. The number of aliphatic carboxylic acids is 1. The number of rotatable bonds is 4. The lowest BCUT2D eigenvalue weighted by Gasteiger charge is -2.37. The van der Waals surface area contributed by atoms with E-state index in [0.29, 0.717) is 6.54 Å². The minimum Gasteiger partial charge on any atom is -0.481 e. The fourth-order valence-electron chi connectivity index (χ4n) is 5.55. The van der Waals surface area contributed by atoms with Gasteiger partial charge in [0, 0.05) is 30.2 Å². The van der Waals surface area contributed by atoms with Gasteiger partial charge in [0.25, 0.3) is 0 Å². The number of benzene rings is 1. The van der Waals surface area contributed by atoms with Gasteiger partial charge < -0.3 is 14.9 Å². The van der Waals surface area contributed by atoms with Gasteiger partial charge in [0.1, 0.15) is 0 Å². The van der Waals surface area contributed by atoms with Crippen LogP contribution in [0, 0.1) is 11.8 Å². The summed E-state index contributed by atoms with van der Waals surface area (Å²) in [5, 5.41) is 9.19. The molecule has 3 aliphatic rings. The number of carboxylic acid groups (broad SMARTS) is 1. The van der Waals surface area contributed by atoms with Gasteiger partial charge in [-0.25, -0.2) is 0 Å². The molecule has 0 aromatic heterocycles. The van der Waals surface area contributed by atoms with Crippen molar-refractivity contribution in [3.63, 3.8) is 0 Å². The van der Waals surface area contributed by atoms with E-state index in [1.54, 1.807) is 4.90 Å². The summed E-state index contributed by atoms with van der Waals surface area (Å²) in [5.74, 6) is -1.45. The van der Waals surface area contributed by atoms with Crippen molar-refractivity contribution in [1.29, 1.82) is 0 Å². The van der Waals surface area contributed by atoms with E-state index < -0.39 is 5.97 Å². The van der Waals surface area contributed by atoms with E-state index >= 15 is 0 Å². The molecule has 2 amide bonds. The predicted octanol–water partition coefficient (Wildman–Crippen LogP) is 3.24. The average Bonchev–Trinajstić information content (AvgIpc) is 3.29. The fourth-order valence-corrected chi connectivity index (χ4v) is 5.55. The Morgan fingerprint density at radius 2 is 1.69 bits per heavy atom. The topological polar surface area (TPSA) is 77.9 Å². The van der Waals surface area contributed by atoms with E-state index in [1.807, 2.05) is 23.1 Å². The highest BCUT2D eigenvalue weighted by Gasteiger charge is 2.44. The first-order chi connectivity index (χ1) is 14.0. The molecule has 0 bridgehead atoms. The van der Waals surface area contributed by atoms with Gasteiger partial charge in [0.2, 0.25) is 11.8 Å². The van der Waals surface area contributed by atoms with Crippen molar-refractivity contribution in [2.24, 2.45) is 11.8 Å². The second-order valence-electron chi connectivity index (χ2n) is 8.81. The molecule has 1 aromatic rings. The van der Waals surface area contributed by atoms with Gasteiger partial charge in [-0.2, -0.15) is 0 Å². The summed E-state index contributed by atoms with van der Waals surface area (Å²) >= 11 is 0. The van der Waals surface area contributed by atoms with Crippen LogP contribution in [-0.2, 0) is 20.8 Å². The van der Waals surface area contributed by atoms with Crippen LogP contribution in [0.2, 0.25) is 0 Å². The maximum absolute atomic E-state index is 13.6. The van der Waals surface area contributed by atoms with Crippen molar-refractivity contribution in [1.82, 2.24) is 4.90 Å². The number of carbonyl (C=O) groups excluding carboxylic acids is 2. The molecule has 2 heterocycles. The van der Waals surface area contributed by atoms with Crippen molar-refractivity contribution in [3.05, 3.63) is 29.8 Å². The standard InChI is InChI=1S/C23H30N2O4/c1-15-13-16-7-2-5-11-20(16)25(15)23(29)19-10-4-3-9-18(19)22(28)24-12-6-8-17(24)14-21(26)27/h2,5,7,11,15,17-19H,3-4,6,8-10,12-14H2,1H3,(H,26,27). The summed E-state index contributed by atoms with van der Waals surface area (Å²) in [5.41, 5.74) is 2.17. The number of carboxylic acids is 1. The largest absolute Gasteiger partial charge is 0.481 e. The molecule has 6 nitrogen and oxygen atoms in total. The molecule has 1 saturated carbocycles. The number of fused-ring (bicyclic) bond motifs is 1. The fraction of sp³-hybridized carbons (Fsp3) is 0.609. The minimum absolute atomic E-state index is 0.00634. The van der Waals surface area contributed by atoms with Crippen LogP contribution in [0.3, 0.4) is 0 Å².